The fourth-order valence-electron chi connectivity index (χ4n) is 5.38. The first-order valence-electron chi connectivity index (χ1n) is 12.1. The second kappa shape index (κ2) is 9.51. The van der Waals surface area contributed by atoms with E-state index in [1.165, 1.54) is 6.33 Å². The summed E-state index contributed by atoms with van der Waals surface area (Å²) >= 11 is 6.19. The fourth-order valence-corrected chi connectivity index (χ4v) is 16.8. The highest BCUT2D eigenvalue weighted by atomic mass is 35.5. The van der Waals surface area contributed by atoms with Gasteiger partial charge in [-0.15, -0.1) is 0 Å². The number of rotatable bonds is 5. The highest BCUT2D eigenvalue weighted by molar-refractivity contribution is 6.84. The van der Waals surface area contributed by atoms with Crippen molar-refractivity contribution in [2.45, 2.75) is 102 Å². The van der Waals surface area contributed by atoms with Crippen molar-refractivity contribution < 1.29 is 22.8 Å². The molecule has 1 N–H and O–H groups in total. The lowest BCUT2D eigenvalue weighted by atomic mass is 10.1. The van der Waals surface area contributed by atoms with Crippen LogP contribution in [0, 0.1) is 0 Å². The van der Waals surface area contributed by atoms with E-state index in [9.17, 15) is 5.11 Å². The number of hydrogen-bond donors (Lipinski definition) is 1. The minimum atomic E-state index is -2.86. The van der Waals surface area contributed by atoms with E-state index in [0.29, 0.717) is 17.8 Å². The average Bonchev–Trinajstić information content (AvgIpc) is 3.29. The van der Waals surface area contributed by atoms with E-state index >= 15 is 0 Å². The smallest absolute Gasteiger partial charge is 0.335 e. The Hall–Kier alpha value is -0.926. The van der Waals surface area contributed by atoms with E-state index in [1.807, 2.05) is 0 Å². The predicted molar refractivity (Wildman–Crippen MR) is 134 cm³/mol. The standard InChI is InChI=1S/C22H37ClN4O5Si2/c1-12(2)33(13(3)4)29-9-16-19(31-34(32-33,14(5)6)15(7)8)18(28)22(30-16)27-11-26-17-20(23)24-10-25-21(17)27/h10-16,18-19,22,28H,9H2,1-8H3/t16-,18+,19+,22-/m1/s1. The largest absolute Gasteiger partial charge is 0.414 e. The zero-order valence-corrected chi connectivity index (χ0v) is 24.0. The third kappa shape index (κ3) is 4.07. The van der Waals surface area contributed by atoms with Gasteiger partial charge in [-0.25, -0.2) is 15.0 Å². The lowest BCUT2D eigenvalue weighted by molar-refractivity contribution is -0.0570. The van der Waals surface area contributed by atoms with Crippen molar-refractivity contribution in [2.24, 2.45) is 0 Å². The van der Waals surface area contributed by atoms with Crippen molar-refractivity contribution in [3.63, 3.8) is 0 Å². The van der Waals surface area contributed by atoms with Crippen LogP contribution in [0.25, 0.3) is 11.2 Å². The monoisotopic (exact) mass is 528 g/mol. The molecule has 0 spiro atoms. The van der Waals surface area contributed by atoms with Crippen LogP contribution in [0.4, 0.5) is 0 Å². The lowest BCUT2D eigenvalue weighted by Gasteiger charge is -2.51. The average molecular weight is 529 g/mol. The Morgan fingerprint density at radius 1 is 0.971 bits per heavy atom. The van der Waals surface area contributed by atoms with Gasteiger partial charge in [0.1, 0.15) is 30.2 Å². The summed E-state index contributed by atoms with van der Waals surface area (Å²) in [5, 5.41) is 11.7. The molecule has 2 aromatic heterocycles. The third-order valence-corrected chi connectivity index (χ3v) is 17.8. The molecule has 0 aromatic carbocycles. The Bertz CT molecular complexity index is 1000. The molecule has 4 heterocycles. The highest BCUT2D eigenvalue weighted by Crippen LogP contribution is 2.48. The van der Waals surface area contributed by atoms with Crippen LogP contribution in [0.3, 0.4) is 0 Å². The molecule has 4 rings (SSSR count). The molecule has 0 amide bonds. The van der Waals surface area contributed by atoms with Gasteiger partial charge < -0.3 is 22.8 Å². The summed E-state index contributed by atoms with van der Waals surface area (Å²) < 4.78 is 29.0. The molecule has 190 valence electrons. The van der Waals surface area contributed by atoms with Crippen LogP contribution in [0.15, 0.2) is 12.7 Å². The van der Waals surface area contributed by atoms with Gasteiger partial charge in [-0.05, 0) is 22.2 Å². The number of aliphatic hydroxyl groups excluding tert-OH is 1. The Balaban J connectivity index is 1.77. The molecule has 34 heavy (non-hydrogen) atoms. The van der Waals surface area contributed by atoms with Crippen molar-refractivity contribution in [1.29, 1.82) is 0 Å². The topological polar surface area (TPSA) is 101 Å². The molecule has 9 nitrogen and oxygen atoms in total. The molecule has 2 aromatic rings. The van der Waals surface area contributed by atoms with Crippen molar-refractivity contribution in [3.05, 3.63) is 17.8 Å². The molecule has 2 fully saturated rings. The quantitative estimate of drug-likeness (QED) is 0.440. The molecular weight excluding hydrogens is 492 g/mol. The molecule has 2 saturated heterocycles. The van der Waals surface area contributed by atoms with E-state index in [-0.39, 0.29) is 27.3 Å². The summed E-state index contributed by atoms with van der Waals surface area (Å²) in [6.07, 6.45) is 0.205. The van der Waals surface area contributed by atoms with Crippen molar-refractivity contribution in [3.8, 4) is 0 Å². The zero-order chi connectivity index (χ0) is 25.0. The van der Waals surface area contributed by atoms with Crippen LogP contribution in [0.1, 0.15) is 61.6 Å². The number of nitrogens with zero attached hydrogens (tertiary/aromatic N) is 4. The van der Waals surface area contributed by atoms with Gasteiger partial charge in [0.2, 0.25) is 0 Å². The fraction of sp³-hybridized carbons (Fsp3) is 0.773. The lowest BCUT2D eigenvalue weighted by Crippen LogP contribution is -2.65. The zero-order valence-electron chi connectivity index (χ0n) is 21.2. The maximum Gasteiger partial charge on any atom is 0.335 e. The van der Waals surface area contributed by atoms with Gasteiger partial charge in [0.25, 0.3) is 0 Å². The van der Waals surface area contributed by atoms with E-state index in [1.54, 1.807) is 10.9 Å². The van der Waals surface area contributed by atoms with Crippen molar-refractivity contribution in [2.75, 3.05) is 6.61 Å². The molecular formula is C22H37ClN4O5Si2. The van der Waals surface area contributed by atoms with Crippen LogP contribution in [-0.4, -0.2) is 66.7 Å². The van der Waals surface area contributed by atoms with Gasteiger partial charge in [0.15, 0.2) is 17.0 Å². The van der Waals surface area contributed by atoms with Gasteiger partial charge in [0, 0.05) is 0 Å². The van der Waals surface area contributed by atoms with E-state index < -0.39 is 41.7 Å². The second-order valence-corrected chi connectivity index (χ2v) is 19.8. The number of aromatic nitrogens is 4. The molecule has 2 aliphatic heterocycles. The molecule has 12 heteroatoms. The van der Waals surface area contributed by atoms with Gasteiger partial charge in [0.05, 0.1) is 12.9 Å². The SMILES string of the molecule is CC(C)[Si]1(C(C)C)OC[C@H]2O[C@@H](n3cnc4c(Cl)ncnc43)[C@@H](O)[C@H]2O[Si](C(C)C)(C(C)C)O1. The molecule has 0 saturated carbocycles. The van der Waals surface area contributed by atoms with Crippen LogP contribution >= 0.6 is 11.6 Å². The van der Waals surface area contributed by atoms with Crippen LogP contribution in [0.2, 0.25) is 27.3 Å². The molecule has 0 unspecified atom stereocenters. The summed E-state index contributed by atoms with van der Waals surface area (Å²) in [6.45, 7) is 17.6. The Morgan fingerprint density at radius 2 is 1.59 bits per heavy atom. The maximum atomic E-state index is 11.5. The van der Waals surface area contributed by atoms with E-state index in [0.717, 1.165) is 0 Å². The minimum Gasteiger partial charge on any atom is -0.414 e. The summed E-state index contributed by atoms with van der Waals surface area (Å²) in [7, 11) is -5.54. The number of hydrogen-bond acceptors (Lipinski definition) is 8. The highest BCUT2D eigenvalue weighted by Gasteiger charge is 2.61. The molecule has 2 aliphatic rings. The van der Waals surface area contributed by atoms with Crippen molar-refractivity contribution >= 4 is 39.9 Å². The molecule has 0 aliphatic carbocycles. The number of halogens is 1. The number of fused-ring (bicyclic) bond motifs is 2. The van der Waals surface area contributed by atoms with Crippen LogP contribution < -0.4 is 0 Å². The first kappa shape index (κ1) is 26.1. The molecule has 4 atom stereocenters. The summed E-state index contributed by atoms with van der Waals surface area (Å²) in [4.78, 5) is 12.7. The van der Waals surface area contributed by atoms with E-state index in [2.05, 4.69) is 70.3 Å². The van der Waals surface area contributed by atoms with Crippen LogP contribution in [-0.2, 0) is 17.7 Å². The first-order valence-corrected chi connectivity index (χ1v) is 16.4. The maximum absolute atomic E-state index is 11.5. The van der Waals surface area contributed by atoms with Gasteiger partial charge in [-0.1, -0.05) is 67.0 Å². The second-order valence-electron chi connectivity index (χ2n) is 10.6. The van der Waals surface area contributed by atoms with Gasteiger partial charge >= 0.3 is 17.1 Å². The van der Waals surface area contributed by atoms with E-state index in [4.69, 9.17) is 29.3 Å². The third-order valence-electron chi connectivity index (χ3n) is 7.23. The molecule has 0 bridgehead atoms. The minimum absolute atomic E-state index is 0.158. The molecule has 0 radical (unpaired) electrons. The predicted octanol–water partition coefficient (Wildman–Crippen LogP) is 4.69. The number of ether oxygens (including phenoxy) is 1. The van der Waals surface area contributed by atoms with Gasteiger partial charge in [-0.3, -0.25) is 4.57 Å². The Labute approximate surface area is 208 Å². The number of imidazole rings is 1. The van der Waals surface area contributed by atoms with Crippen molar-refractivity contribution in [1.82, 2.24) is 19.5 Å². The first-order chi connectivity index (χ1) is 15.9. The summed E-state index contributed by atoms with van der Waals surface area (Å²) in [5.74, 6) is 0. The van der Waals surface area contributed by atoms with Gasteiger partial charge in [-0.2, -0.15) is 0 Å². The van der Waals surface area contributed by atoms with Crippen LogP contribution in [0.5, 0.6) is 0 Å². The normalized spacial score (nSPS) is 29.2. The summed E-state index contributed by atoms with van der Waals surface area (Å²) in [5.41, 5.74) is 1.74. The summed E-state index contributed by atoms with van der Waals surface area (Å²) in [6, 6.07) is 0. The number of aliphatic hydroxyl groups is 1. The Kier molecular flexibility index (Phi) is 7.31. The Morgan fingerprint density at radius 3 is 2.18 bits per heavy atom.